The third-order valence-corrected chi connectivity index (χ3v) is 8.77. The van der Waals surface area contributed by atoms with Gasteiger partial charge in [0, 0.05) is 7.05 Å². The van der Waals surface area contributed by atoms with Crippen LogP contribution in [0.15, 0.2) is 97.1 Å². The molecule has 0 aliphatic carbocycles. The topological polar surface area (TPSA) is 68.8 Å². The lowest BCUT2D eigenvalue weighted by atomic mass is 9.72. The molecule has 0 amide bonds. The molecule has 2 saturated heterocycles. The fourth-order valence-electron chi connectivity index (χ4n) is 6.03. The van der Waals surface area contributed by atoms with Crippen molar-refractivity contribution in [2.75, 3.05) is 7.05 Å². The molecule has 3 N–H and O–H groups in total. The van der Waals surface area contributed by atoms with Crippen LogP contribution in [-0.2, 0) is 16.7 Å². The van der Waals surface area contributed by atoms with Gasteiger partial charge in [0.05, 0.1) is 0 Å². The first kappa shape index (κ1) is 33.8. The van der Waals surface area contributed by atoms with Crippen molar-refractivity contribution in [3.05, 3.63) is 119 Å². The fourth-order valence-corrected chi connectivity index (χ4v) is 6.03. The predicted molar refractivity (Wildman–Crippen MR) is 149 cm³/mol. The van der Waals surface area contributed by atoms with Gasteiger partial charge in [0.15, 0.2) is 0 Å². The summed E-state index contributed by atoms with van der Waals surface area (Å²) in [6.45, 7) is 0. The molecule has 4 nitrogen and oxygen atoms in total. The third-order valence-electron chi connectivity index (χ3n) is 8.77. The fraction of sp³-hybridized carbons (Fsp3) is 0.250. The molecule has 0 bridgehead atoms. The van der Waals surface area contributed by atoms with Gasteiger partial charge in [-0.3, -0.25) is 0 Å². The minimum atomic E-state index is -5.89. The van der Waals surface area contributed by atoms with Crippen LogP contribution in [0.3, 0.4) is 0 Å². The van der Waals surface area contributed by atoms with Gasteiger partial charge >= 0.3 is 24.7 Å². The largest absolute Gasteiger partial charge is 0.426 e. The quantitative estimate of drug-likeness (QED) is 0.140. The lowest BCUT2D eigenvalue weighted by Gasteiger charge is -2.38. The molecule has 6 rings (SSSR count). The Kier molecular flexibility index (Phi) is 7.52. The number of nitrogens with zero attached hydrogens (tertiary/aromatic N) is 1. The molecule has 2 aliphatic heterocycles. The van der Waals surface area contributed by atoms with Gasteiger partial charge in [-0.25, -0.2) is 21.3 Å². The smallest absolute Gasteiger partial charge is 0.223 e. The number of alkyl halides is 12. The van der Waals surface area contributed by atoms with Crippen molar-refractivity contribution in [2.45, 2.75) is 41.4 Å². The number of hydrogen-bond acceptors (Lipinski definition) is 4. The predicted octanol–water partition coefficient (Wildman–Crippen LogP) is 8.42. The number of nitrogens with one attached hydrogen (secondary N) is 3. The van der Waals surface area contributed by atoms with Crippen molar-refractivity contribution in [3.63, 3.8) is 0 Å². The van der Waals surface area contributed by atoms with Crippen molar-refractivity contribution in [1.29, 1.82) is 0 Å². The average Bonchev–Trinajstić information content (AvgIpc) is 3.92. The maximum absolute atomic E-state index is 14.7. The van der Waals surface area contributed by atoms with Crippen molar-refractivity contribution in [1.82, 2.24) is 21.3 Å². The van der Waals surface area contributed by atoms with Gasteiger partial charge in [-0.1, -0.05) is 97.1 Å². The van der Waals surface area contributed by atoms with E-state index in [0.717, 1.165) is 53.5 Å². The zero-order valence-electron chi connectivity index (χ0n) is 24.2. The van der Waals surface area contributed by atoms with Crippen LogP contribution in [0.4, 0.5) is 52.7 Å². The zero-order chi connectivity index (χ0) is 35.1. The Morgan fingerprint density at radius 1 is 0.458 bits per heavy atom. The summed E-state index contributed by atoms with van der Waals surface area (Å²) in [6.07, 6.45) is -21.1. The Balaban J connectivity index is 1.32. The van der Waals surface area contributed by atoms with Gasteiger partial charge in [-0.05, 0) is 44.5 Å². The van der Waals surface area contributed by atoms with Gasteiger partial charge in [0.25, 0.3) is 0 Å². The van der Waals surface area contributed by atoms with E-state index in [9.17, 15) is 52.7 Å². The van der Waals surface area contributed by atoms with Crippen LogP contribution in [0.25, 0.3) is 22.3 Å². The normalized spacial score (nSPS) is 21.2. The second-order valence-corrected chi connectivity index (χ2v) is 11.4. The first-order valence-corrected chi connectivity index (χ1v) is 13.9. The molecule has 2 fully saturated rings. The average molecular weight is 691 g/mol. The highest BCUT2D eigenvalue weighted by atomic mass is 19.4. The lowest BCUT2D eigenvalue weighted by Crippen LogP contribution is -2.54. The van der Waals surface area contributed by atoms with Crippen LogP contribution in [0, 0.1) is 0 Å². The molecule has 4 aromatic carbocycles. The summed E-state index contributed by atoms with van der Waals surface area (Å²) in [6, 6.07) is 16.4. The standard InChI is InChI=1S/C32H22F12N4/c1-48-28(47-48,32(42,43)44)25-16-8-21(9-17-25)19-4-12-23(13-5-19)26(29(33,34)35,30(36,37)38)22-10-2-18(3-11-22)20-6-14-24(15-7-20)27(45-46-27)31(39,40)41/h2-17,45-47H,1H3. The first-order chi connectivity index (χ1) is 22.2. The maximum Gasteiger partial charge on any atom is 0.426 e. The monoisotopic (exact) mass is 690 g/mol. The van der Waals surface area contributed by atoms with Crippen LogP contribution in [0.1, 0.15) is 22.3 Å². The molecule has 254 valence electrons. The van der Waals surface area contributed by atoms with Crippen LogP contribution >= 0.6 is 0 Å². The van der Waals surface area contributed by atoms with Crippen molar-refractivity contribution in [3.8, 4) is 22.3 Å². The van der Waals surface area contributed by atoms with E-state index in [-0.39, 0.29) is 33.4 Å². The minimum absolute atomic E-state index is 0.153. The van der Waals surface area contributed by atoms with Gasteiger partial charge in [0.2, 0.25) is 16.7 Å². The van der Waals surface area contributed by atoms with Gasteiger partial charge in [-0.2, -0.15) is 52.7 Å². The Labute approximate surface area is 264 Å². The maximum atomic E-state index is 14.7. The molecule has 0 saturated carbocycles. The molecule has 2 atom stereocenters. The highest BCUT2D eigenvalue weighted by Crippen LogP contribution is 2.56. The van der Waals surface area contributed by atoms with Crippen LogP contribution < -0.4 is 16.3 Å². The van der Waals surface area contributed by atoms with Crippen LogP contribution in [0.5, 0.6) is 0 Å². The molecule has 0 aromatic heterocycles. The van der Waals surface area contributed by atoms with Gasteiger partial charge in [0.1, 0.15) is 0 Å². The van der Waals surface area contributed by atoms with E-state index < -0.39 is 52.6 Å². The summed E-state index contributed by atoms with van der Waals surface area (Å²) < 4.78 is 169. The number of hydrogen-bond donors (Lipinski definition) is 3. The summed E-state index contributed by atoms with van der Waals surface area (Å²) >= 11 is 0. The number of halogens is 12. The van der Waals surface area contributed by atoms with E-state index in [1.54, 1.807) is 0 Å². The lowest BCUT2D eigenvalue weighted by molar-refractivity contribution is -0.288. The van der Waals surface area contributed by atoms with Crippen molar-refractivity contribution in [2.24, 2.45) is 0 Å². The molecule has 48 heavy (non-hydrogen) atoms. The Bertz CT molecular complexity index is 1770. The van der Waals surface area contributed by atoms with E-state index >= 15 is 0 Å². The third kappa shape index (κ3) is 5.04. The number of rotatable bonds is 6. The second kappa shape index (κ2) is 10.7. The molecule has 16 heteroatoms. The SMILES string of the molecule is CN1NC1(c1ccc(-c2ccc(C(c3ccc(-c4ccc(C5(C(F)(F)F)NN5)cc4)cc3)(C(F)(F)F)C(F)(F)F)cc2)cc1)C(F)(F)F. The molecule has 2 unspecified atom stereocenters. The van der Waals surface area contributed by atoms with E-state index in [1.807, 2.05) is 10.9 Å². The first-order valence-electron chi connectivity index (χ1n) is 13.9. The number of hydrazine groups is 2. The Hall–Kier alpha value is -4.12. The van der Waals surface area contributed by atoms with Gasteiger partial charge < -0.3 is 0 Å². The minimum Gasteiger partial charge on any atom is -0.223 e. The Morgan fingerprint density at radius 3 is 1.02 bits per heavy atom. The molecular formula is C32H22F12N4. The summed E-state index contributed by atoms with van der Waals surface area (Å²) in [5.41, 5.74) is -4.92. The van der Waals surface area contributed by atoms with E-state index in [4.69, 9.17) is 0 Å². The summed E-state index contributed by atoms with van der Waals surface area (Å²) in [5, 5.41) is 0.851. The van der Waals surface area contributed by atoms with E-state index in [1.165, 1.54) is 31.3 Å². The summed E-state index contributed by atoms with van der Waals surface area (Å²) in [4.78, 5) is 0. The Morgan fingerprint density at radius 2 is 0.771 bits per heavy atom. The van der Waals surface area contributed by atoms with Crippen molar-refractivity contribution >= 4 is 0 Å². The molecule has 0 spiro atoms. The van der Waals surface area contributed by atoms with Crippen molar-refractivity contribution < 1.29 is 52.7 Å². The molecule has 2 heterocycles. The van der Waals surface area contributed by atoms with Gasteiger partial charge in [-0.15, -0.1) is 0 Å². The molecule has 2 aliphatic rings. The van der Waals surface area contributed by atoms with E-state index in [2.05, 4.69) is 5.43 Å². The van der Waals surface area contributed by atoms with E-state index in [0.29, 0.717) is 24.3 Å². The zero-order valence-corrected chi connectivity index (χ0v) is 24.2. The molecular weight excluding hydrogens is 668 g/mol. The highest BCUT2D eigenvalue weighted by Gasteiger charge is 2.73. The summed E-state index contributed by atoms with van der Waals surface area (Å²) in [7, 11) is 1.19. The second-order valence-electron chi connectivity index (χ2n) is 11.4. The summed E-state index contributed by atoms with van der Waals surface area (Å²) in [5.74, 6) is 0. The highest BCUT2D eigenvalue weighted by molar-refractivity contribution is 5.67. The molecule has 4 aromatic rings. The molecule has 0 radical (unpaired) electrons. The van der Waals surface area contributed by atoms with Crippen LogP contribution in [0.2, 0.25) is 0 Å². The van der Waals surface area contributed by atoms with Crippen LogP contribution in [-0.4, -0.2) is 36.8 Å². The number of benzene rings is 4.